The predicted octanol–water partition coefficient (Wildman–Crippen LogP) is 2.33. The van der Waals surface area contributed by atoms with Gasteiger partial charge in [0.1, 0.15) is 16.7 Å². The number of anilines is 1. The minimum Gasteiger partial charge on any atom is -0.359 e. The number of nitrogens with zero attached hydrogens (tertiary/aromatic N) is 5. The number of thioether (sulfide) groups is 1. The monoisotopic (exact) mass is 398 g/mol. The summed E-state index contributed by atoms with van der Waals surface area (Å²) in [7, 11) is 1.49. The summed E-state index contributed by atoms with van der Waals surface area (Å²) in [4.78, 5) is 16.0. The van der Waals surface area contributed by atoms with E-state index in [-0.39, 0.29) is 0 Å². The van der Waals surface area contributed by atoms with Gasteiger partial charge in [0.2, 0.25) is 0 Å². The van der Waals surface area contributed by atoms with Gasteiger partial charge in [0, 0.05) is 31.0 Å². The molecule has 1 saturated heterocycles. The predicted molar refractivity (Wildman–Crippen MR) is 109 cm³/mol. The van der Waals surface area contributed by atoms with Crippen LogP contribution in [-0.2, 0) is 4.74 Å². The minimum absolute atomic E-state index is 0.503. The molecule has 9 heteroatoms. The number of rotatable bonds is 4. The average Bonchev–Trinajstić information content (AvgIpc) is 3.41. The fourth-order valence-electron chi connectivity index (χ4n) is 3.08. The Morgan fingerprint density at radius 2 is 2.33 bits per heavy atom. The summed E-state index contributed by atoms with van der Waals surface area (Å²) in [5, 5.41) is 12.4. The van der Waals surface area contributed by atoms with E-state index in [1.165, 1.54) is 18.4 Å². The molecule has 0 saturated carbocycles. The Kier molecular flexibility index (Phi) is 4.97. The van der Waals surface area contributed by atoms with Gasteiger partial charge >= 0.3 is 0 Å². The lowest BCUT2D eigenvalue weighted by atomic mass is 9.87. The Bertz CT molecular complexity index is 930. The zero-order valence-electron chi connectivity index (χ0n) is 14.7. The summed E-state index contributed by atoms with van der Waals surface area (Å²) >= 11 is 3.33. The first-order chi connectivity index (χ1) is 13.1. The quantitative estimate of drug-likeness (QED) is 0.789. The van der Waals surface area contributed by atoms with Crippen molar-refractivity contribution in [1.29, 1.82) is 5.26 Å². The van der Waals surface area contributed by atoms with E-state index in [0.717, 1.165) is 29.0 Å². The third kappa shape index (κ3) is 3.37. The molecule has 0 bridgehead atoms. The van der Waals surface area contributed by atoms with Gasteiger partial charge in [-0.1, -0.05) is 6.07 Å². The molecule has 0 amide bonds. The molecule has 2 aliphatic heterocycles. The van der Waals surface area contributed by atoms with Crippen LogP contribution in [0.3, 0.4) is 0 Å². The second-order valence-corrected chi connectivity index (χ2v) is 8.13. The highest BCUT2D eigenvalue weighted by atomic mass is 32.2. The number of methoxy groups -OCH3 is 1. The first-order valence-corrected chi connectivity index (χ1v) is 10.4. The third-order valence-electron chi connectivity index (χ3n) is 4.54. The number of nitriles is 1. The van der Waals surface area contributed by atoms with Crippen LogP contribution in [0.5, 0.6) is 0 Å². The van der Waals surface area contributed by atoms with Crippen molar-refractivity contribution in [3.8, 4) is 6.07 Å². The zero-order valence-corrected chi connectivity index (χ0v) is 16.3. The molecule has 4 heterocycles. The summed E-state index contributed by atoms with van der Waals surface area (Å²) in [6.45, 7) is 0.957. The molecule has 0 spiro atoms. The van der Waals surface area contributed by atoms with Crippen LogP contribution in [0.4, 0.5) is 5.82 Å². The molecule has 2 N–H and O–H groups in total. The number of hydrogen-bond donors (Lipinski definition) is 1. The highest BCUT2D eigenvalue weighted by Gasteiger charge is 2.42. The molecule has 2 aromatic heterocycles. The summed E-state index contributed by atoms with van der Waals surface area (Å²) in [6.07, 6.45) is 3.38. The molecule has 1 fully saturated rings. The van der Waals surface area contributed by atoms with E-state index < -0.39 is 11.6 Å². The van der Waals surface area contributed by atoms with Crippen LogP contribution in [-0.4, -0.2) is 46.7 Å². The van der Waals surface area contributed by atoms with Crippen LogP contribution in [0.15, 0.2) is 40.8 Å². The number of thiazole rings is 1. The highest BCUT2D eigenvalue weighted by molar-refractivity contribution is 7.99. The second-order valence-electron chi connectivity index (χ2n) is 6.17. The fourth-order valence-corrected chi connectivity index (χ4v) is 4.64. The van der Waals surface area contributed by atoms with Crippen LogP contribution < -0.4 is 10.6 Å². The molecule has 0 radical (unpaired) electrons. The summed E-state index contributed by atoms with van der Waals surface area (Å²) in [5.41, 5.74) is 6.86. The molecular weight excluding hydrogens is 380 g/mol. The van der Waals surface area contributed by atoms with Crippen molar-refractivity contribution in [3.05, 3.63) is 46.6 Å². The molecule has 2 unspecified atom stereocenters. The lowest BCUT2D eigenvalue weighted by Crippen LogP contribution is -2.52. The van der Waals surface area contributed by atoms with Crippen molar-refractivity contribution >= 4 is 40.3 Å². The van der Waals surface area contributed by atoms with Crippen LogP contribution in [0.1, 0.15) is 10.7 Å². The summed E-state index contributed by atoms with van der Waals surface area (Å²) in [6, 6.07) is 8.02. The maximum Gasteiger partial charge on any atom is 0.159 e. The highest BCUT2D eigenvalue weighted by Crippen LogP contribution is 2.34. The van der Waals surface area contributed by atoms with Crippen molar-refractivity contribution in [2.24, 2.45) is 16.6 Å². The van der Waals surface area contributed by atoms with E-state index in [9.17, 15) is 5.26 Å². The van der Waals surface area contributed by atoms with Gasteiger partial charge in [-0.05, 0) is 18.2 Å². The van der Waals surface area contributed by atoms with Crippen molar-refractivity contribution in [2.45, 2.75) is 5.72 Å². The van der Waals surface area contributed by atoms with Crippen LogP contribution in [0, 0.1) is 17.2 Å². The number of aromatic nitrogens is 2. The van der Waals surface area contributed by atoms with Gasteiger partial charge in [0.25, 0.3) is 0 Å². The molecule has 4 rings (SSSR count). The molecule has 138 valence electrons. The number of ether oxygens (including phenoxy) is 1. The molecule has 7 nitrogen and oxygen atoms in total. The molecule has 0 aromatic carbocycles. The van der Waals surface area contributed by atoms with Crippen molar-refractivity contribution in [2.75, 3.05) is 30.2 Å². The molecular formula is C18H18N6OS2. The standard InChI is InChI=1S/C18H18N6OS2/c1-25-18(20)9-14(17-21-5-7-27-17)23-16(12(18)10-19)13-3-2-4-15(22-13)24-6-8-26-11-24/h2-5,7,9,12H,6,8,11,20H2,1H3. The van der Waals surface area contributed by atoms with E-state index >= 15 is 0 Å². The normalized spacial score (nSPS) is 25.1. The van der Waals surface area contributed by atoms with Crippen LogP contribution in [0.25, 0.3) is 5.70 Å². The molecule has 2 atom stereocenters. The Morgan fingerprint density at radius 1 is 1.44 bits per heavy atom. The third-order valence-corrected chi connectivity index (χ3v) is 6.30. The van der Waals surface area contributed by atoms with Gasteiger partial charge in [-0.3, -0.25) is 5.73 Å². The van der Waals surface area contributed by atoms with E-state index in [1.807, 2.05) is 35.3 Å². The largest absolute Gasteiger partial charge is 0.359 e. The Labute approximate surface area is 165 Å². The molecule has 0 aliphatic carbocycles. The first kappa shape index (κ1) is 18.1. The van der Waals surface area contributed by atoms with Crippen molar-refractivity contribution in [1.82, 2.24) is 9.97 Å². The number of pyridine rings is 1. The van der Waals surface area contributed by atoms with Crippen LogP contribution in [0.2, 0.25) is 0 Å². The summed E-state index contributed by atoms with van der Waals surface area (Å²) < 4.78 is 5.53. The van der Waals surface area contributed by atoms with E-state index in [1.54, 1.807) is 12.3 Å². The fraction of sp³-hybridized carbons (Fsp3) is 0.333. The Balaban J connectivity index is 1.80. The van der Waals surface area contributed by atoms with Gasteiger partial charge < -0.3 is 9.64 Å². The van der Waals surface area contributed by atoms with Crippen molar-refractivity contribution in [3.63, 3.8) is 0 Å². The maximum absolute atomic E-state index is 9.81. The van der Waals surface area contributed by atoms with Gasteiger partial charge in [0.15, 0.2) is 5.72 Å². The summed E-state index contributed by atoms with van der Waals surface area (Å²) in [5.74, 6) is 2.10. The average molecular weight is 399 g/mol. The first-order valence-electron chi connectivity index (χ1n) is 8.39. The van der Waals surface area contributed by atoms with E-state index in [0.29, 0.717) is 17.1 Å². The second kappa shape index (κ2) is 7.40. The molecule has 2 aliphatic rings. The van der Waals surface area contributed by atoms with Crippen molar-refractivity contribution < 1.29 is 4.74 Å². The maximum atomic E-state index is 9.81. The number of aliphatic imine (C=N–C) groups is 1. The molecule has 27 heavy (non-hydrogen) atoms. The van der Waals surface area contributed by atoms with E-state index in [2.05, 4.69) is 16.0 Å². The smallest absolute Gasteiger partial charge is 0.159 e. The van der Waals surface area contributed by atoms with Gasteiger partial charge in [-0.15, -0.1) is 23.1 Å². The molecule has 2 aromatic rings. The van der Waals surface area contributed by atoms with Gasteiger partial charge in [0.05, 0.1) is 29.0 Å². The Morgan fingerprint density at radius 3 is 3.00 bits per heavy atom. The lowest BCUT2D eigenvalue weighted by Gasteiger charge is -2.33. The van der Waals surface area contributed by atoms with Crippen LogP contribution >= 0.6 is 23.1 Å². The number of nitrogens with two attached hydrogens (primary N) is 1. The van der Waals surface area contributed by atoms with Gasteiger partial charge in [-0.2, -0.15) is 5.26 Å². The lowest BCUT2D eigenvalue weighted by molar-refractivity contribution is 0.0235. The Hall–Kier alpha value is -2.25. The SMILES string of the molecule is COC1(N)C=C(c2nccs2)N=C(c2cccc(N3CCSC3)n2)C1C#N. The number of hydrogen-bond acceptors (Lipinski definition) is 9. The zero-order chi connectivity index (χ0) is 18.9. The van der Waals surface area contributed by atoms with Gasteiger partial charge in [-0.25, -0.2) is 15.0 Å². The van der Waals surface area contributed by atoms with E-state index in [4.69, 9.17) is 20.4 Å². The topological polar surface area (TPSA) is 100 Å². The minimum atomic E-state index is -1.30.